The molecule has 1 atom stereocenters. The van der Waals surface area contributed by atoms with Gasteiger partial charge < -0.3 is 9.80 Å². The highest BCUT2D eigenvalue weighted by atomic mass is 16.2. The van der Waals surface area contributed by atoms with Crippen molar-refractivity contribution in [3.8, 4) is 0 Å². The topological polar surface area (TPSA) is 40.6 Å². The third-order valence-corrected chi connectivity index (χ3v) is 4.67. The first kappa shape index (κ1) is 17.5. The Kier molecular flexibility index (Phi) is 6.20. The van der Waals surface area contributed by atoms with Gasteiger partial charge in [-0.25, -0.2) is 0 Å². The van der Waals surface area contributed by atoms with Gasteiger partial charge in [-0.1, -0.05) is 43.7 Å². The molecule has 2 amide bonds. The van der Waals surface area contributed by atoms with E-state index in [0.29, 0.717) is 13.1 Å². The summed E-state index contributed by atoms with van der Waals surface area (Å²) < 4.78 is 0. The molecule has 1 aliphatic rings. The maximum absolute atomic E-state index is 12.9. The van der Waals surface area contributed by atoms with Gasteiger partial charge in [-0.2, -0.15) is 0 Å². The van der Waals surface area contributed by atoms with E-state index in [9.17, 15) is 9.59 Å². The van der Waals surface area contributed by atoms with Crippen molar-refractivity contribution in [2.24, 2.45) is 5.92 Å². The Morgan fingerprint density at radius 1 is 1.17 bits per heavy atom. The van der Waals surface area contributed by atoms with E-state index in [2.05, 4.69) is 6.92 Å². The Hall–Kier alpha value is -1.84. The van der Waals surface area contributed by atoms with Gasteiger partial charge in [0.05, 0.1) is 5.92 Å². The molecule has 1 unspecified atom stereocenters. The number of likely N-dealkylation sites (tertiary alicyclic amines) is 1. The quantitative estimate of drug-likeness (QED) is 0.838. The SMILES string of the molecule is CCCC(C(=O)N1CCC(C(=O)N(C)C)CC1)c1ccccc1. The Balaban J connectivity index is 2.01. The van der Waals surface area contributed by atoms with E-state index < -0.39 is 0 Å². The fraction of sp³-hybridized carbons (Fsp3) is 0.579. The lowest BCUT2D eigenvalue weighted by molar-refractivity contribution is -0.140. The van der Waals surface area contributed by atoms with Crippen LogP contribution in [-0.4, -0.2) is 48.8 Å². The Morgan fingerprint density at radius 2 is 1.78 bits per heavy atom. The second-order valence-corrected chi connectivity index (χ2v) is 6.58. The van der Waals surface area contributed by atoms with Crippen molar-refractivity contribution in [2.45, 2.75) is 38.5 Å². The predicted octanol–water partition coefficient (Wildman–Crippen LogP) is 2.90. The second-order valence-electron chi connectivity index (χ2n) is 6.58. The summed E-state index contributed by atoms with van der Waals surface area (Å²) in [5.74, 6) is 0.414. The molecule has 1 heterocycles. The van der Waals surface area contributed by atoms with Crippen LogP contribution in [0.3, 0.4) is 0 Å². The fourth-order valence-electron chi connectivity index (χ4n) is 3.34. The van der Waals surface area contributed by atoms with Crippen molar-refractivity contribution in [3.05, 3.63) is 35.9 Å². The summed E-state index contributed by atoms with van der Waals surface area (Å²) in [6.07, 6.45) is 3.41. The number of nitrogens with zero attached hydrogens (tertiary/aromatic N) is 2. The molecule has 0 spiro atoms. The van der Waals surface area contributed by atoms with Crippen molar-refractivity contribution in [2.75, 3.05) is 27.2 Å². The summed E-state index contributed by atoms with van der Waals surface area (Å²) in [5, 5.41) is 0. The van der Waals surface area contributed by atoms with Gasteiger partial charge in [-0.15, -0.1) is 0 Å². The van der Waals surface area contributed by atoms with E-state index in [0.717, 1.165) is 31.2 Å². The molecule has 126 valence electrons. The highest BCUT2D eigenvalue weighted by molar-refractivity contribution is 5.84. The molecule has 1 saturated heterocycles. The number of rotatable bonds is 5. The lowest BCUT2D eigenvalue weighted by Crippen LogP contribution is -2.44. The van der Waals surface area contributed by atoms with Crippen LogP contribution in [0, 0.1) is 5.92 Å². The van der Waals surface area contributed by atoms with Crippen LogP contribution in [0.5, 0.6) is 0 Å². The first-order valence-electron chi connectivity index (χ1n) is 8.59. The standard InChI is InChI=1S/C19H28N2O2/c1-4-8-17(15-9-6-5-7-10-15)19(23)21-13-11-16(12-14-21)18(22)20(2)3/h5-7,9-10,16-17H,4,8,11-14H2,1-3H3. The van der Waals surface area contributed by atoms with Crippen LogP contribution in [0.1, 0.15) is 44.1 Å². The van der Waals surface area contributed by atoms with E-state index in [1.54, 1.807) is 19.0 Å². The van der Waals surface area contributed by atoms with Crippen molar-refractivity contribution >= 4 is 11.8 Å². The molecule has 0 bridgehead atoms. The number of benzene rings is 1. The first-order valence-corrected chi connectivity index (χ1v) is 8.59. The van der Waals surface area contributed by atoms with Gasteiger partial charge >= 0.3 is 0 Å². The number of carbonyl (C=O) groups is 2. The van der Waals surface area contributed by atoms with E-state index >= 15 is 0 Å². The summed E-state index contributed by atoms with van der Waals surface area (Å²) in [5.41, 5.74) is 1.10. The van der Waals surface area contributed by atoms with Gasteiger partial charge in [0, 0.05) is 33.1 Å². The van der Waals surface area contributed by atoms with E-state index in [1.165, 1.54) is 0 Å². The molecule has 1 aromatic carbocycles. The highest BCUT2D eigenvalue weighted by Crippen LogP contribution is 2.27. The average Bonchev–Trinajstić information content (AvgIpc) is 2.59. The van der Waals surface area contributed by atoms with Crippen LogP contribution < -0.4 is 0 Å². The molecule has 4 heteroatoms. The number of amides is 2. The van der Waals surface area contributed by atoms with Crippen molar-refractivity contribution < 1.29 is 9.59 Å². The third kappa shape index (κ3) is 4.34. The number of hydrogen-bond donors (Lipinski definition) is 0. The maximum atomic E-state index is 12.9. The van der Waals surface area contributed by atoms with Crippen molar-refractivity contribution in [3.63, 3.8) is 0 Å². The van der Waals surface area contributed by atoms with Gasteiger partial charge in [0.25, 0.3) is 0 Å². The van der Waals surface area contributed by atoms with Crippen LogP contribution in [0.2, 0.25) is 0 Å². The van der Waals surface area contributed by atoms with Crippen LogP contribution in [0.25, 0.3) is 0 Å². The zero-order chi connectivity index (χ0) is 16.8. The molecule has 1 aliphatic heterocycles. The van der Waals surface area contributed by atoms with Gasteiger partial charge in [-0.3, -0.25) is 9.59 Å². The molecule has 0 saturated carbocycles. The molecule has 4 nitrogen and oxygen atoms in total. The zero-order valence-corrected chi connectivity index (χ0v) is 14.5. The first-order chi connectivity index (χ1) is 11.0. The minimum absolute atomic E-state index is 0.0534. The average molecular weight is 316 g/mol. The van der Waals surface area contributed by atoms with Crippen molar-refractivity contribution in [1.29, 1.82) is 0 Å². The summed E-state index contributed by atoms with van der Waals surface area (Å²) in [7, 11) is 3.60. The number of piperidine rings is 1. The Bertz CT molecular complexity index is 519. The van der Waals surface area contributed by atoms with E-state index in [1.807, 2.05) is 35.2 Å². The Morgan fingerprint density at radius 3 is 2.30 bits per heavy atom. The molecular weight excluding hydrogens is 288 g/mol. The summed E-state index contributed by atoms with van der Waals surface area (Å²) in [6.45, 7) is 3.50. The Labute approximate surface area is 139 Å². The maximum Gasteiger partial charge on any atom is 0.230 e. The van der Waals surface area contributed by atoms with E-state index in [-0.39, 0.29) is 23.7 Å². The van der Waals surface area contributed by atoms with Gasteiger partial charge in [0.2, 0.25) is 11.8 Å². The summed E-state index contributed by atoms with van der Waals surface area (Å²) in [6, 6.07) is 10.1. The van der Waals surface area contributed by atoms with Gasteiger partial charge in [-0.05, 0) is 24.8 Å². The van der Waals surface area contributed by atoms with Crippen LogP contribution in [0.4, 0.5) is 0 Å². The molecule has 0 aliphatic carbocycles. The lowest BCUT2D eigenvalue weighted by atomic mass is 9.90. The molecule has 0 N–H and O–H groups in total. The highest BCUT2D eigenvalue weighted by Gasteiger charge is 2.31. The number of hydrogen-bond acceptors (Lipinski definition) is 2. The molecule has 23 heavy (non-hydrogen) atoms. The van der Waals surface area contributed by atoms with Crippen LogP contribution in [0.15, 0.2) is 30.3 Å². The summed E-state index contributed by atoms with van der Waals surface area (Å²) in [4.78, 5) is 28.6. The van der Waals surface area contributed by atoms with Gasteiger partial charge in [0.15, 0.2) is 0 Å². The molecule has 1 fully saturated rings. The smallest absolute Gasteiger partial charge is 0.230 e. The van der Waals surface area contributed by atoms with Crippen LogP contribution >= 0.6 is 0 Å². The lowest BCUT2D eigenvalue weighted by Gasteiger charge is -2.34. The van der Waals surface area contributed by atoms with Crippen LogP contribution in [-0.2, 0) is 9.59 Å². The monoisotopic (exact) mass is 316 g/mol. The second kappa shape index (κ2) is 8.14. The zero-order valence-electron chi connectivity index (χ0n) is 14.5. The molecule has 1 aromatic rings. The van der Waals surface area contributed by atoms with Gasteiger partial charge in [0.1, 0.15) is 0 Å². The minimum Gasteiger partial charge on any atom is -0.349 e. The number of carbonyl (C=O) groups excluding carboxylic acids is 2. The minimum atomic E-state index is -0.0534. The van der Waals surface area contributed by atoms with Crippen molar-refractivity contribution in [1.82, 2.24) is 9.80 Å². The molecular formula is C19H28N2O2. The largest absolute Gasteiger partial charge is 0.349 e. The fourth-order valence-corrected chi connectivity index (χ4v) is 3.34. The normalized spacial score (nSPS) is 16.9. The summed E-state index contributed by atoms with van der Waals surface area (Å²) >= 11 is 0. The van der Waals surface area contributed by atoms with E-state index in [4.69, 9.17) is 0 Å². The third-order valence-electron chi connectivity index (χ3n) is 4.67. The molecule has 0 aromatic heterocycles. The predicted molar refractivity (Wildman–Crippen MR) is 92.1 cm³/mol. The molecule has 2 rings (SSSR count). The molecule has 0 radical (unpaired) electrons.